The average molecular weight is 746 g/mol. The van der Waals surface area contributed by atoms with Crippen molar-refractivity contribution in [3.8, 4) is 17.2 Å². The van der Waals surface area contributed by atoms with Crippen molar-refractivity contribution < 1.29 is 46.9 Å². The first-order valence-corrected chi connectivity index (χ1v) is 16.5. The highest BCUT2D eigenvalue weighted by molar-refractivity contribution is 6.33. The zero-order valence-corrected chi connectivity index (χ0v) is 28.6. The summed E-state index contributed by atoms with van der Waals surface area (Å²) in [6, 6.07) is 9.60. The van der Waals surface area contributed by atoms with E-state index in [1.165, 1.54) is 33.4 Å². The molecule has 1 aromatic heterocycles. The number of aromatic nitrogens is 1. The Labute approximate surface area is 298 Å². The zero-order chi connectivity index (χ0) is 36.7. The smallest absolute Gasteiger partial charge is 0.417 e. The van der Waals surface area contributed by atoms with E-state index in [2.05, 4.69) is 10.4 Å². The van der Waals surface area contributed by atoms with Crippen LogP contribution in [0.15, 0.2) is 60.3 Å². The number of nitrogens with zero attached hydrogens (tertiary/aromatic N) is 3. The number of benzene rings is 2. The summed E-state index contributed by atoms with van der Waals surface area (Å²) < 4.78 is 51.8. The van der Waals surface area contributed by atoms with Gasteiger partial charge in [0.1, 0.15) is 17.2 Å². The van der Waals surface area contributed by atoms with Gasteiger partial charge in [-0.2, -0.15) is 18.2 Å². The molecule has 0 spiro atoms. The molecule has 3 heterocycles. The van der Waals surface area contributed by atoms with Crippen molar-refractivity contribution in [1.29, 1.82) is 0 Å². The van der Waals surface area contributed by atoms with E-state index >= 15 is 4.79 Å². The summed E-state index contributed by atoms with van der Waals surface area (Å²) in [4.78, 5) is 61.8. The molecule has 11 nitrogen and oxygen atoms in total. The predicted octanol–water partition coefficient (Wildman–Crippen LogP) is 5.74. The molecule has 51 heavy (non-hydrogen) atoms. The molecular weight excluding hydrogens is 716 g/mol. The Kier molecular flexibility index (Phi) is 8.25. The van der Waals surface area contributed by atoms with Crippen LogP contribution >= 0.6 is 23.2 Å². The van der Waals surface area contributed by atoms with Gasteiger partial charge >= 0.3 is 6.18 Å². The number of likely N-dealkylation sites (tertiary alicyclic amines) is 1. The van der Waals surface area contributed by atoms with Crippen LogP contribution in [0.3, 0.4) is 0 Å². The maximum Gasteiger partial charge on any atom is 0.417 e. The van der Waals surface area contributed by atoms with Crippen LogP contribution in [0.1, 0.15) is 35.4 Å². The number of carbonyl (C=O) groups is 4. The lowest BCUT2D eigenvalue weighted by atomic mass is 9.49. The molecule has 0 unspecified atom stereocenters. The van der Waals surface area contributed by atoms with Crippen LogP contribution in [-0.4, -0.2) is 64.9 Å². The molecule has 1 saturated carbocycles. The summed E-state index contributed by atoms with van der Waals surface area (Å²) in [6.45, 7) is 0. The fraction of sp³-hybridized carbons (Fsp3) is 0.343. The van der Waals surface area contributed by atoms with Crippen molar-refractivity contribution in [3.63, 3.8) is 0 Å². The summed E-state index contributed by atoms with van der Waals surface area (Å²) in [6.07, 6.45) is -2.30. The van der Waals surface area contributed by atoms with E-state index in [1.54, 1.807) is 24.3 Å². The van der Waals surface area contributed by atoms with Gasteiger partial charge in [-0.25, -0.2) is 4.98 Å². The summed E-state index contributed by atoms with van der Waals surface area (Å²) in [5.74, 6) is -7.34. The van der Waals surface area contributed by atoms with E-state index in [1.807, 2.05) is 6.08 Å². The number of nitrogens with one attached hydrogen (secondary N) is 1. The van der Waals surface area contributed by atoms with E-state index < -0.39 is 69.5 Å². The molecule has 2 saturated heterocycles. The van der Waals surface area contributed by atoms with Crippen molar-refractivity contribution in [2.24, 2.45) is 23.7 Å². The number of ether oxygens (including phenoxy) is 2. The van der Waals surface area contributed by atoms with E-state index in [4.69, 9.17) is 32.7 Å². The molecule has 0 bridgehead atoms. The number of amides is 4. The second kappa shape index (κ2) is 12.2. The van der Waals surface area contributed by atoms with Crippen molar-refractivity contribution in [2.75, 3.05) is 26.7 Å². The van der Waals surface area contributed by atoms with Gasteiger partial charge in [-0.3, -0.25) is 29.5 Å². The van der Waals surface area contributed by atoms with E-state index in [0.29, 0.717) is 33.4 Å². The Bertz CT molecular complexity index is 2020. The lowest BCUT2D eigenvalue weighted by Gasteiger charge is -2.51. The molecule has 2 aromatic carbocycles. The second-order valence-corrected chi connectivity index (χ2v) is 13.8. The standard InChI is InChI=1S/C35H29Cl2F3N4O7/c1-43-30(46)20-9-8-19-21(26(20)32(43)48)13-22-31(47)44(42-29-23(37)10-16(14-41-29)35(38,39)40)33(49)34(22,15-4-6-17(36)7-5-15)28(19)27-24(50-2)11-18(45)12-25(27)51-3/h4-8,10-12,14,20-22,26,28,45H,9,13H2,1-3H3,(H,41,42)/t20-,21+,22-,26-,28+,34+/m0/s1. The number of hydrogen-bond acceptors (Lipinski definition) is 9. The lowest BCUT2D eigenvalue weighted by Crippen LogP contribution is -2.53. The third-order valence-corrected chi connectivity index (χ3v) is 11.1. The maximum atomic E-state index is 15.3. The SMILES string of the molecule is COc1cc(O)cc(OC)c1[C@H]1C2=CC[C@@H]3C(=O)N(C)C(=O)[C@@H]3[C@@H]2C[C@H]2C(=O)N(Nc3ncc(C(F)(F)F)cc3Cl)C(=O)[C@@]12c1ccc(Cl)cc1. The van der Waals surface area contributed by atoms with E-state index in [0.717, 1.165) is 4.90 Å². The third-order valence-electron chi connectivity index (χ3n) is 10.6. The van der Waals surface area contributed by atoms with Crippen molar-refractivity contribution >= 4 is 52.6 Å². The van der Waals surface area contributed by atoms with Gasteiger partial charge in [-0.15, -0.1) is 0 Å². The molecular formula is C35H29Cl2F3N4O7. The number of phenols is 1. The number of alkyl halides is 3. The van der Waals surface area contributed by atoms with Gasteiger partial charge in [-0.1, -0.05) is 47.0 Å². The Morgan fingerprint density at radius 1 is 0.961 bits per heavy atom. The van der Waals surface area contributed by atoms with Crippen LogP contribution in [0.25, 0.3) is 0 Å². The highest BCUT2D eigenvalue weighted by Crippen LogP contribution is 2.66. The molecule has 4 aliphatic rings. The molecule has 0 radical (unpaired) electrons. The van der Waals surface area contributed by atoms with Crippen LogP contribution in [0.5, 0.6) is 17.2 Å². The minimum absolute atomic E-state index is 0.0569. The normalized spacial score (nSPS) is 27.2. The summed E-state index contributed by atoms with van der Waals surface area (Å²) in [5.41, 5.74) is 0.835. The number of fused-ring (bicyclic) bond motifs is 4. The number of rotatable bonds is 6. The van der Waals surface area contributed by atoms with Gasteiger partial charge in [0.15, 0.2) is 5.82 Å². The fourth-order valence-corrected chi connectivity index (χ4v) is 8.80. The van der Waals surface area contributed by atoms with Crippen molar-refractivity contribution in [2.45, 2.75) is 30.4 Å². The molecule has 16 heteroatoms. The van der Waals surface area contributed by atoms with Crippen molar-refractivity contribution in [3.05, 3.63) is 87.0 Å². The van der Waals surface area contributed by atoms with Crippen LogP contribution in [0.4, 0.5) is 19.0 Å². The number of carbonyl (C=O) groups excluding carboxylic acids is 4. The van der Waals surface area contributed by atoms with Gasteiger partial charge in [0.05, 0.1) is 48.0 Å². The monoisotopic (exact) mass is 744 g/mol. The predicted molar refractivity (Wildman–Crippen MR) is 176 cm³/mol. The number of allylic oxidation sites excluding steroid dienone is 2. The largest absolute Gasteiger partial charge is 0.508 e. The minimum atomic E-state index is -4.76. The number of halogens is 5. The van der Waals surface area contributed by atoms with Crippen molar-refractivity contribution in [1.82, 2.24) is 14.9 Å². The molecule has 2 N–H and O–H groups in total. The highest BCUT2D eigenvalue weighted by atomic mass is 35.5. The molecule has 3 aromatic rings. The van der Waals surface area contributed by atoms with Crippen LogP contribution in [-0.2, 0) is 30.8 Å². The number of hydrogen-bond donors (Lipinski definition) is 2. The topological polar surface area (TPSA) is 138 Å². The molecule has 3 fully saturated rings. The molecule has 4 amide bonds. The average Bonchev–Trinajstić information content (AvgIpc) is 3.45. The number of methoxy groups -OCH3 is 2. The van der Waals surface area contributed by atoms with E-state index in [-0.39, 0.29) is 47.4 Å². The summed E-state index contributed by atoms with van der Waals surface area (Å²) >= 11 is 12.5. The minimum Gasteiger partial charge on any atom is -0.508 e. The molecule has 266 valence electrons. The Hall–Kier alpha value is -4.82. The third kappa shape index (κ3) is 5.05. The van der Waals surface area contributed by atoms with E-state index in [9.17, 15) is 32.7 Å². The Morgan fingerprint density at radius 3 is 2.20 bits per heavy atom. The Morgan fingerprint density at radius 2 is 1.61 bits per heavy atom. The quantitative estimate of drug-likeness (QED) is 0.239. The van der Waals surface area contributed by atoms with Gasteiger partial charge in [0.25, 0.3) is 11.8 Å². The first kappa shape index (κ1) is 34.6. The number of hydrazine groups is 1. The van der Waals surface area contributed by atoms with Gasteiger partial charge in [0, 0.05) is 41.9 Å². The molecule has 6 atom stereocenters. The first-order chi connectivity index (χ1) is 24.1. The van der Waals surface area contributed by atoms with Gasteiger partial charge < -0.3 is 14.6 Å². The molecule has 2 aliphatic carbocycles. The lowest BCUT2D eigenvalue weighted by molar-refractivity contribution is -0.140. The molecule has 2 aliphatic heterocycles. The maximum absolute atomic E-state index is 15.3. The fourth-order valence-electron chi connectivity index (χ4n) is 8.46. The summed E-state index contributed by atoms with van der Waals surface area (Å²) in [5, 5.41) is 11.1. The van der Waals surface area contributed by atoms with Gasteiger partial charge in [-0.05, 0) is 42.5 Å². The number of pyridine rings is 1. The number of aromatic hydroxyl groups is 1. The first-order valence-electron chi connectivity index (χ1n) is 15.7. The number of phenolic OH excluding ortho intramolecular Hbond substituents is 1. The van der Waals surface area contributed by atoms with Crippen LogP contribution in [0, 0.1) is 23.7 Å². The number of imide groups is 2. The van der Waals surface area contributed by atoms with Gasteiger partial charge in [0.2, 0.25) is 11.8 Å². The molecule has 7 rings (SSSR count). The highest BCUT2D eigenvalue weighted by Gasteiger charge is 2.71. The van der Waals surface area contributed by atoms with Crippen LogP contribution in [0.2, 0.25) is 10.0 Å². The Balaban J connectivity index is 1.50. The zero-order valence-electron chi connectivity index (χ0n) is 27.1. The number of anilines is 1. The second-order valence-electron chi connectivity index (χ2n) is 12.9. The summed E-state index contributed by atoms with van der Waals surface area (Å²) in [7, 11) is 4.12. The van der Waals surface area contributed by atoms with Crippen LogP contribution < -0.4 is 14.9 Å².